The van der Waals surface area contributed by atoms with Crippen molar-refractivity contribution >= 4 is 21.4 Å². The lowest BCUT2D eigenvalue weighted by Gasteiger charge is -2.23. The molecule has 0 saturated carbocycles. The number of H-pyrrole nitrogens is 1. The molecule has 3 aromatic rings. The first-order valence-electron chi connectivity index (χ1n) is 8.44. The number of nitriles is 1. The fourth-order valence-corrected chi connectivity index (χ4v) is 4.89. The summed E-state index contributed by atoms with van der Waals surface area (Å²) in [5, 5.41) is 8.98. The molecule has 1 aromatic heterocycles. The molecule has 4 rings (SSSR count). The molecule has 1 aliphatic rings. The second-order valence-corrected chi connectivity index (χ2v) is 8.03. The maximum absolute atomic E-state index is 13.3. The maximum atomic E-state index is 13.3. The monoisotopic (exact) mass is 379 g/mol. The van der Waals surface area contributed by atoms with Gasteiger partial charge in [0, 0.05) is 12.7 Å². The topological polar surface area (TPSA) is 93.1 Å². The first-order valence-corrected chi connectivity index (χ1v) is 9.88. The zero-order valence-corrected chi connectivity index (χ0v) is 15.2. The number of para-hydroxylation sites is 1. The van der Waals surface area contributed by atoms with Crippen molar-refractivity contribution < 1.29 is 8.42 Å². The Morgan fingerprint density at radius 1 is 1.11 bits per heavy atom. The van der Waals surface area contributed by atoms with Crippen LogP contribution in [0.1, 0.15) is 11.3 Å². The standard InChI is InChI=1S/C19H17N5O2S/c20-11-15-5-7-17(8-6-15)24-10-9-23(13-16-12-21-14-22-16)18-3-1-2-4-19(18)27(24,25)26/h1-8,12,14H,9-10,13H2,(H,21,22). The van der Waals surface area contributed by atoms with E-state index in [4.69, 9.17) is 5.26 Å². The van der Waals surface area contributed by atoms with Crippen LogP contribution >= 0.6 is 0 Å². The Labute approximate surface area is 157 Å². The minimum Gasteiger partial charge on any atom is -0.363 e. The summed E-state index contributed by atoms with van der Waals surface area (Å²) in [4.78, 5) is 9.40. The maximum Gasteiger partial charge on any atom is 0.266 e. The fraction of sp³-hybridized carbons (Fsp3) is 0.158. The molecule has 0 saturated heterocycles. The summed E-state index contributed by atoms with van der Waals surface area (Å²) in [5.74, 6) is 0. The summed E-state index contributed by atoms with van der Waals surface area (Å²) in [5.41, 5.74) is 2.62. The summed E-state index contributed by atoms with van der Waals surface area (Å²) in [6.45, 7) is 1.36. The van der Waals surface area contributed by atoms with Crippen molar-refractivity contribution in [1.29, 1.82) is 5.26 Å². The van der Waals surface area contributed by atoms with Crippen LogP contribution < -0.4 is 9.21 Å². The highest BCUT2D eigenvalue weighted by molar-refractivity contribution is 7.93. The molecule has 7 nitrogen and oxygen atoms in total. The van der Waals surface area contributed by atoms with Crippen molar-refractivity contribution in [2.24, 2.45) is 0 Å². The Morgan fingerprint density at radius 2 is 1.89 bits per heavy atom. The summed E-state index contributed by atoms with van der Waals surface area (Å²) in [6, 6.07) is 15.7. The number of benzene rings is 2. The normalized spacial score (nSPS) is 15.7. The number of hydrogen-bond donors (Lipinski definition) is 1. The van der Waals surface area contributed by atoms with E-state index in [1.54, 1.807) is 48.9 Å². The van der Waals surface area contributed by atoms with Gasteiger partial charge in [0.15, 0.2) is 0 Å². The molecule has 27 heavy (non-hydrogen) atoms. The summed E-state index contributed by atoms with van der Waals surface area (Å²) in [6.07, 6.45) is 3.35. The van der Waals surface area contributed by atoms with E-state index in [2.05, 4.69) is 16.0 Å². The zero-order chi connectivity index (χ0) is 18.9. The van der Waals surface area contributed by atoms with Gasteiger partial charge in [-0.1, -0.05) is 12.1 Å². The Kier molecular flexibility index (Phi) is 4.30. The number of nitrogens with one attached hydrogen (secondary N) is 1. The smallest absolute Gasteiger partial charge is 0.266 e. The van der Waals surface area contributed by atoms with E-state index in [0.29, 0.717) is 36.6 Å². The van der Waals surface area contributed by atoms with Gasteiger partial charge in [0.05, 0.1) is 48.1 Å². The third kappa shape index (κ3) is 3.13. The minimum absolute atomic E-state index is 0.270. The average Bonchev–Trinajstić information content (AvgIpc) is 3.17. The van der Waals surface area contributed by atoms with Gasteiger partial charge in [-0.15, -0.1) is 0 Å². The first-order chi connectivity index (χ1) is 13.1. The number of sulfonamides is 1. The summed E-state index contributed by atoms with van der Waals surface area (Å²) in [7, 11) is -3.72. The number of nitrogens with zero attached hydrogens (tertiary/aromatic N) is 4. The number of rotatable bonds is 3. The molecule has 0 atom stereocenters. The molecule has 0 radical (unpaired) electrons. The Hall–Kier alpha value is -3.31. The van der Waals surface area contributed by atoms with Crippen molar-refractivity contribution in [2.45, 2.75) is 11.4 Å². The van der Waals surface area contributed by atoms with Gasteiger partial charge in [-0.2, -0.15) is 5.26 Å². The van der Waals surface area contributed by atoms with Crippen LogP contribution in [0, 0.1) is 11.3 Å². The molecular weight excluding hydrogens is 362 g/mol. The zero-order valence-electron chi connectivity index (χ0n) is 14.4. The van der Waals surface area contributed by atoms with E-state index in [1.807, 2.05) is 17.0 Å². The molecule has 2 aromatic carbocycles. The highest BCUT2D eigenvalue weighted by atomic mass is 32.2. The van der Waals surface area contributed by atoms with Gasteiger partial charge in [-0.3, -0.25) is 4.31 Å². The molecule has 2 heterocycles. The summed E-state index contributed by atoms with van der Waals surface area (Å²) >= 11 is 0. The first kappa shape index (κ1) is 17.1. The van der Waals surface area contributed by atoms with E-state index in [-0.39, 0.29) is 4.90 Å². The van der Waals surface area contributed by atoms with E-state index in [1.165, 1.54) is 4.31 Å². The molecular formula is C19H17N5O2S. The lowest BCUT2D eigenvalue weighted by molar-refractivity contribution is 0.593. The average molecular weight is 379 g/mol. The van der Waals surface area contributed by atoms with Crippen LogP contribution in [-0.2, 0) is 16.6 Å². The third-order valence-electron chi connectivity index (χ3n) is 4.55. The minimum atomic E-state index is -3.72. The van der Waals surface area contributed by atoms with Crippen molar-refractivity contribution in [2.75, 3.05) is 22.3 Å². The highest BCUT2D eigenvalue weighted by Gasteiger charge is 2.32. The van der Waals surface area contributed by atoms with E-state index < -0.39 is 10.0 Å². The van der Waals surface area contributed by atoms with Gasteiger partial charge >= 0.3 is 0 Å². The predicted octanol–water partition coefficient (Wildman–Crippen LogP) is 2.50. The van der Waals surface area contributed by atoms with Crippen LogP contribution in [0.2, 0.25) is 0 Å². The number of aromatic amines is 1. The predicted molar refractivity (Wildman–Crippen MR) is 102 cm³/mol. The molecule has 0 aliphatic carbocycles. The number of fused-ring (bicyclic) bond motifs is 1. The van der Waals surface area contributed by atoms with Gasteiger partial charge < -0.3 is 9.88 Å². The van der Waals surface area contributed by atoms with Crippen molar-refractivity contribution in [3.05, 3.63) is 72.3 Å². The van der Waals surface area contributed by atoms with E-state index >= 15 is 0 Å². The number of imidazole rings is 1. The third-order valence-corrected chi connectivity index (χ3v) is 6.42. The van der Waals surface area contributed by atoms with Crippen LogP contribution in [0.4, 0.5) is 11.4 Å². The van der Waals surface area contributed by atoms with Crippen LogP contribution in [0.3, 0.4) is 0 Å². The van der Waals surface area contributed by atoms with Gasteiger partial charge in [-0.25, -0.2) is 13.4 Å². The molecule has 0 unspecified atom stereocenters. The molecule has 0 spiro atoms. The molecule has 0 fully saturated rings. The highest BCUT2D eigenvalue weighted by Crippen LogP contribution is 2.34. The largest absolute Gasteiger partial charge is 0.363 e. The van der Waals surface area contributed by atoms with E-state index in [0.717, 1.165) is 5.69 Å². The van der Waals surface area contributed by atoms with Crippen molar-refractivity contribution in [3.8, 4) is 6.07 Å². The number of aromatic nitrogens is 2. The molecule has 136 valence electrons. The SMILES string of the molecule is N#Cc1ccc(N2CCN(Cc3cnc[nH]3)c3ccccc3S2(=O)=O)cc1. The Balaban J connectivity index is 1.77. The van der Waals surface area contributed by atoms with Crippen LogP contribution in [0.15, 0.2) is 66.0 Å². The van der Waals surface area contributed by atoms with Crippen molar-refractivity contribution in [3.63, 3.8) is 0 Å². The van der Waals surface area contributed by atoms with Crippen molar-refractivity contribution in [1.82, 2.24) is 9.97 Å². The molecule has 8 heteroatoms. The van der Waals surface area contributed by atoms with Gasteiger partial charge in [0.1, 0.15) is 4.90 Å². The Morgan fingerprint density at radius 3 is 2.59 bits per heavy atom. The second-order valence-electron chi connectivity index (χ2n) is 6.20. The second kappa shape index (κ2) is 6.78. The quantitative estimate of drug-likeness (QED) is 0.755. The number of anilines is 2. The number of hydrogen-bond acceptors (Lipinski definition) is 5. The fourth-order valence-electron chi connectivity index (χ4n) is 3.22. The van der Waals surface area contributed by atoms with Crippen LogP contribution in [0.25, 0.3) is 0 Å². The van der Waals surface area contributed by atoms with E-state index in [9.17, 15) is 8.42 Å². The Bertz CT molecular complexity index is 1090. The molecule has 0 amide bonds. The van der Waals surface area contributed by atoms with Crippen LogP contribution in [0.5, 0.6) is 0 Å². The van der Waals surface area contributed by atoms with Gasteiger partial charge in [0.2, 0.25) is 0 Å². The lowest BCUT2D eigenvalue weighted by atomic mass is 10.2. The molecule has 0 bridgehead atoms. The van der Waals surface area contributed by atoms with Gasteiger partial charge in [0.25, 0.3) is 10.0 Å². The molecule has 1 N–H and O–H groups in total. The van der Waals surface area contributed by atoms with Crippen LogP contribution in [-0.4, -0.2) is 31.5 Å². The summed E-state index contributed by atoms with van der Waals surface area (Å²) < 4.78 is 28.1. The molecule has 1 aliphatic heterocycles. The lowest BCUT2D eigenvalue weighted by Crippen LogP contribution is -2.34. The van der Waals surface area contributed by atoms with Gasteiger partial charge in [-0.05, 0) is 36.4 Å².